The van der Waals surface area contributed by atoms with E-state index < -0.39 is 97.5 Å². The summed E-state index contributed by atoms with van der Waals surface area (Å²) in [4.78, 5) is 73.1. The summed E-state index contributed by atoms with van der Waals surface area (Å²) in [5, 5.41) is 10.7. The maximum Gasteiger partial charge on any atom is 0.472 e. The lowest BCUT2D eigenvalue weighted by molar-refractivity contribution is -0.161. The molecule has 0 aliphatic rings. The Morgan fingerprint density at radius 2 is 0.462 bits per heavy atom. The van der Waals surface area contributed by atoms with Crippen molar-refractivity contribution in [1.29, 1.82) is 0 Å². The van der Waals surface area contributed by atoms with E-state index >= 15 is 0 Å². The second kappa shape index (κ2) is 73.8. The van der Waals surface area contributed by atoms with Crippen molar-refractivity contribution in [1.82, 2.24) is 0 Å². The summed E-state index contributed by atoms with van der Waals surface area (Å²) < 4.78 is 68.8. The van der Waals surface area contributed by atoms with Gasteiger partial charge in [0.1, 0.15) is 19.3 Å². The molecule has 0 spiro atoms. The summed E-state index contributed by atoms with van der Waals surface area (Å²) in [6, 6.07) is 0. The molecule has 17 nitrogen and oxygen atoms in total. The summed E-state index contributed by atoms with van der Waals surface area (Å²) in [6.45, 7) is 14.3. The fourth-order valence-electron chi connectivity index (χ4n) is 13.1. The van der Waals surface area contributed by atoms with E-state index in [9.17, 15) is 43.2 Å². The van der Waals surface area contributed by atoms with Crippen molar-refractivity contribution in [2.45, 2.75) is 459 Å². The molecule has 6 atom stereocenters. The molecule has 0 heterocycles. The minimum atomic E-state index is -4.97. The van der Waals surface area contributed by atoms with Gasteiger partial charge in [-0.3, -0.25) is 37.3 Å². The lowest BCUT2D eigenvalue weighted by Crippen LogP contribution is -2.30. The molecule has 618 valence electrons. The Morgan fingerprint density at radius 1 is 0.269 bits per heavy atom. The summed E-state index contributed by atoms with van der Waals surface area (Å²) in [5.41, 5.74) is 0. The second-order valence-corrected chi connectivity index (χ2v) is 35.2. The predicted octanol–water partition coefficient (Wildman–Crippen LogP) is 25.6. The van der Waals surface area contributed by atoms with Crippen LogP contribution >= 0.6 is 15.6 Å². The van der Waals surface area contributed by atoms with Gasteiger partial charge in [0, 0.05) is 25.7 Å². The Balaban J connectivity index is 5.21. The van der Waals surface area contributed by atoms with Gasteiger partial charge < -0.3 is 33.8 Å². The minimum Gasteiger partial charge on any atom is -0.462 e. The quantitative estimate of drug-likeness (QED) is 0.0222. The SMILES string of the molecule is CCC(C)CCCCCCCCCCCCCCCCCCCCC(=O)OC[C@H](COP(=O)(O)OCC(O)COP(=O)(O)OC[C@@H](COC(=O)CCCCCCCCCC(C)C)OC(=O)CCCCCCCCCCCCCCC(C)C)OC(=O)CCCCCCCCCCCCCCCCC(C)C. The first kappa shape index (κ1) is 102. The first-order chi connectivity index (χ1) is 50.1. The molecule has 0 rings (SSSR count). The van der Waals surface area contributed by atoms with Gasteiger partial charge in [0.05, 0.1) is 26.4 Å². The molecule has 0 aliphatic heterocycles. The first-order valence-electron chi connectivity index (χ1n) is 43.7. The summed E-state index contributed by atoms with van der Waals surface area (Å²) in [5.74, 6) is 1.04. The van der Waals surface area contributed by atoms with Gasteiger partial charge in [0.2, 0.25) is 0 Å². The van der Waals surface area contributed by atoms with E-state index in [-0.39, 0.29) is 25.7 Å². The van der Waals surface area contributed by atoms with Crippen LogP contribution in [-0.2, 0) is 65.4 Å². The molecule has 0 saturated carbocycles. The maximum atomic E-state index is 13.1. The third-order valence-corrected chi connectivity index (χ3v) is 22.1. The molecular weight excluding hydrogens is 1350 g/mol. The number of hydrogen-bond acceptors (Lipinski definition) is 15. The van der Waals surface area contributed by atoms with Gasteiger partial charge >= 0.3 is 39.5 Å². The predicted molar refractivity (Wildman–Crippen MR) is 428 cm³/mol. The topological polar surface area (TPSA) is 237 Å². The van der Waals surface area contributed by atoms with Gasteiger partial charge in [-0.15, -0.1) is 0 Å². The fraction of sp³-hybridized carbons (Fsp3) is 0.953. The molecule has 0 amide bonds. The van der Waals surface area contributed by atoms with E-state index in [0.717, 1.165) is 114 Å². The number of phosphoric acid groups is 2. The Bertz CT molecular complexity index is 2030. The van der Waals surface area contributed by atoms with Crippen LogP contribution in [0.3, 0.4) is 0 Å². The molecular formula is C85H166O17P2. The summed E-state index contributed by atoms with van der Waals surface area (Å²) >= 11 is 0. The number of aliphatic hydroxyl groups excluding tert-OH is 1. The molecule has 4 unspecified atom stereocenters. The van der Waals surface area contributed by atoms with Gasteiger partial charge in [0.25, 0.3) is 0 Å². The molecule has 0 radical (unpaired) electrons. The highest BCUT2D eigenvalue weighted by Crippen LogP contribution is 2.45. The van der Waals surface area contributed by atoms with Crippen LogP contribution in [0.25, 0.3) is 0 Å². The average molecular weight is 1520 g/mol. The zero-order chi connectivity index (χ0) is 76.7. The van der Waals surface area contributed by atoms with Gasteiger partial charge in [0.15, 0.2) is 12.2 Å². The van der Waals surface area contributed by atoms with Crippen LogP contribution in [0.2, 0.25) is 0 Å². The molecule has 0 aromatic heterocycles. The van der Waals surface area contributed by atoms with Crippen molar-refractivity contribution in [2.24, 2.45) is 23.7 Å². The number of unbranched alkanes of at least 4 members (excludes halogenated alkanes) is 47. The van der Waals surface area contributed by atoms with Crippen LogP contribution in [0.15, 0.2) is 0 Å². The van der Waals surface area contributed by atoms with E-state index in [4.69, 9.17) is 37.0 Å². The monoisotopic (exact) mass is 1520 g/mol. The average Bonchev–Trinajstić information content (AvgIpc) is 0.905. The minimum absolute atomic E-state index is 0.106. The standard InChI is InChI=1S/C85H166O17P2/c1-9-78(8)64-56-48-40-32-26-19-14-12-10-11-13-15-20-27-33-41-49-57-65-82(87)95-71-80(101-84(89)67-59-51-42-34-28-21-17-16-18-24-30-37-45-53-61-75(2)3)73-99-103(91,92)97-69-79(86)70-98-104(93,94)100-74-81(72-96-83(88)66-58-50-44-36-39-47-55-63-77(6)7)102-85(90)68-60-52-43-35-29-23-22-25-31-38-46-54-62-76(4)5/h75-81,86H,9-74H2,1-8H3,(H,91,92)(H,93,94)/t78?,79?,80-,81-/m1/s1. The third-order valence-electron chi connectivity index (χ3n) is 20.2. The number of esters is 4. The van der Waals surface area contributed by atoms with Crippen LogP contribution in [-0.4, -0.2) is 96.7 Å². The third kappa shape index (κ3) is 76.8. The van der Waals surface area contributed by atoms with Crippen LogP contribution in [0, 0.1) is 23.7 Å². The van der Waals surface area contributed by atoms with E-state index in [0.29, 0.717) is 31.6 Å². The normalized spacial score (nSPS) is 14.2. The number of hydrogen-bond donors (Lipinski definition) is 3. The first-order valence-corrected chi connectivity index (χ1v) is 46.7. The molecule has 0 fully saturated rings. The molecule has 0 aliphatic carbocycles. The molecule has 0 aromatic rings. The smallest absolute Gasteiger partial charge is 0.462 e. The Labute approximate surface area is 638 Å². The van der Waals surface area contributed by atoms with Crippen molar-refractivity contribution in [3.63, 3.8) is 0 Å². The van der Waals surface area contributed by atoms with Crippen molar-refractivity contribution >= 4 is 39.5 Å². The molecule has 0 bridgehead atoms. The highest BCUT2D eigenvalue weighted by atomic mass is 31.2. The number of carbonyl (C=O) groups is 4. The molecule has 104 heavy (non-hydrogen) atoms. The molecule has 19 heteroatoms. The van der Waals surface area contributed by atoms with Crippen molar-refractivity contribution in [2.75, 3.05) is 39.6 Å². The van der Waals surface area contributed by atoms with Gasteiger partial charge in [-0.25, -0.2) is 9.13 Å². The van der Waals surface area contributed by atoms with Gasteiger partial charge in [-0.1, -0.05) is 389 Å². The number of rotatable bonds is 82. The van der Waals surface area contributed by atoms with Crippen LogP contribution in [0.1, 0.15) is 441 Å². The molecule has 0 aromatic carbocycles. The number of carbonyl (C=O) groups excluding carboxylic acids is 4. The van der Waals surface area contributed by atoms with Crippen LogP contribution in [0.4, 0.5) is 0 Å². The van der Waals surface area contributed by atoms with Crippen LogP contribution < -0.4 is 0 Å². The maximum absolute atomic E-state index is 13.1. The largest absolute Gasteiger partial charge is 0.472 e. The summed E-state index contributed by atoms with van der Waals surface area (Å²) in [6.07, 6.45) is 62.6. The zero-order valence-corrected chi connectivity index (χ0v) is 70.5. The van der Waals surface area contributed by atoms with E-state index in [1.165, 1.54) is 238 Å². The highest BCUT2D eigenvalue weighted by Gasteiger charge is 2.30. The van der Waals surface area contributed by atoms with Crippen LogP contribution in [0.5, 0.6) is 0 Å². The molecule has 0 saturated heterocycles. The lowest BCUT2D eigenvalue weighted by atomic mass is 9.99. The van der Waals surface area contributed by atoms with Crippen molar-refractivity contribution in [3.05, 3.63) is 0 Å². The zero-order valence-electron chi connectivity index (χ0n) is 68.7. The number of phosphoric ester groups is 2. The van der Waals surface area contributed by atoms with E-state index in [2.05, 4.69) is 55.4 Å². The highest BCUT2D eigenvalue weighted by molar-refractivity contribution is 7.47. The Kier molecular flexibility index (Phi) is 72.5. The molecule has 3 N–H and O–H groups in total. The Morgan fingerprint density at radius 3 is 0.683 bits per heavy atom. The van der Waals surface area contributed by atoms with Crippen molar-refractivity contribution in [3.8, 4) is 0 Å². The number of ether oxygens (including phenoxy) is 4. The van der Waals surface area contributed by atoms with Crippen molar-refractivity contribution < 1.29 is 80.2 Å². The summed E-state index contributed by atoms with van der Waals surface area (Å²) in [7, 11) is -9.93. The number of aliphatic hydroxyl groups is 1. The second-order valence-electron chi connectivity index (χ2n) is 32.2. The Hall–Kier alpha value is -1.94. The van der Waals surface area contributed by atoms with E-state index in [1.54, 1.807) is 0 Å². The van der Waals surface area contributed by atoms with E-state index in [1.807, 2.05) is 0 Å². The fourth-order valence-corrected chi connectivity index (χ4v) is 14.7. The van der Waals surface area contributed by atoms with Gasteiger partial charge in [-0.2, -0.15) is 0 Å². The lowest BCUT2D eigenvalue weighted by Gasteiger charge is -2.21. The van der Waals surface area contributed by atoms with Gasteiger partial charge in [-0.05, 0) is 49.4 Å².